The van der Waals surface area contributed by atoms with Gasteiger partial charge in [-0.2, -0.15) is 0 Å². The van der Waals surface area contributed by atoms with Crippen LogP contribution in [0.15, 0.2) is 24.3 Å². The standard InChI is InChI=1S/C13H12I2N2O/c1-6-9(14)2-7(3-11(6)16)13-10(15)4-8(18)5-12(13)17/h2-5,18H,16-17H2,1H3. The maximum Gasteiger partial charge on any atom is 0.118 e. The second-order valence-corrected chi connectivity index (χ2v) is 6.39. The lowest BCUT2D eigenvalue weighted by Gasteiger charge is -2.12. The second-order valence-electron chi connectivity index (χ2n) is 4.06. The van der Waals surface area contributed by atoms with E-state index in [9.17, 15) is 5.11 Å². The second kappa shape index (κ2) is 5.12. The van der Waals surface area contributed by atoms with E-state index in [1.807, 2.05) is 13.0 Å². The highest BCUT2D eigenvalue weighted by molar-refractivity contribution is 14.1. The molecular weight excluding hydrogens is 454 g/mol. The summed E-state index contributed by atoms with van der Waals surface area (Å²) >= 11 is 4.42. The third-order valence-electron chi connectivity index (χ3n) is 2.78. The lowest BCUT2D eigenvalue weighted by molar-refractivity contribution is 0.475. The molecule has 0 spiro atoms. The molecule has 0 aliphatic rings. The Balaban J connectivity index is 2.70. The van der Waals surface area contributed by atoms with Gasteiger partial charge in [0.15, 0.2) is 0 Å². The third kappa shape index (κ3) is 2.51. The molecule has 2 rings (SSSR count). The van der Waals surface area contributed by atoms with E-state index in [-0.39, 0.29) is 5.75 Å². The number of hydrogen-bond acceptors (Lipinski definition) is 3. The van der Waals surface area contributed by atoms with Crippen molar-refractivity contribution in [1.29, 1.82) is 0 Å². The molecule has 0 bridgehead atoms. The van der Waals surface area contributed by atoms with E-state index < -0.39 is 0 Å². The van der Waals surface area contributed by atoms with Crippen LogP contribution in [0.1, 0.15) is 5.56 Å². The van der Waals surface area contributed by atoms with Crippen LogP contribution >= 0.6 is 45.2 Å². The van der Waals surface area contributed by atoms with E-state index in [0.29, 0.717) is 5.69 Å². The predicted octanol–water partition coefficient (Wildman–Crippen LogP) is 3.74. The van der Waals surface area contributed by atoms with E-state index in [2.05, 4.69) is 51.2 Å². The Labute approximate surface area is 133 Å². The Morgan fingerprint density at radius 1 is 0.944 bits per heavy atom. The molecule has 94 valence electrons. The third-order valence-corrected chi connectivity index (χ3v) is 4.75. The molecule has 0 fully saturated rings. The molecule has 18 heavy (non-hydrogen) atoms. The van der Waals surface area contributed by atoms with Crippen molar-refractivity contribution in [2.24, 2.45) is 0 Å². The molecule has 2 aromatic carbocycles. The number of benzene rings is 2. The fourth-order valence-electron chi connectivity index (χ4n) is 1.76. The van der Waals surface area contributed by atoms with Crippen molar-refractivity contribution in [2.75, 3.05) is 11.5 Å². The summed E-state index contributed by atoms with van der Waals surface area (Å²) in [7, 11) is 0. The number of nitrogen functional groups attached to an aromatic ring is 2. The van der Waals surface area contributed by atoms with Gasteiger partial charge in [-0.15, -0.1) is 0 Å². The first-order chi connectivity index (χ1) is 8.40. The molecule has 2 aromatic rings. The van der Waals surface area contributed by atoms with Crippen LogP contribution in [0.2, 0.25) is 0 Å². The largest absolute Gasteiger partial charge is 0.508 e. The van der Waals surface area contributed by atoms with Gasteiger partial charge in [-0.05, 0) is 81.4 Å². The first-order valence-electron chi connectivity index (χ1n) is 5.24. The molecule has 0 aliphatic heterocycles. The number of aromatic hydroxyl groups is 1. The van der Waals surface area contributed by atoms with Crippen LogP contribution in [-0.4, -0.2) is 5.11 Å². The van der Waals surface area contributed by atoms with Gasteiger partial charge in [-0.25, -0.2) is 0 Å². The van der Waals surface area contributed by atoms with Gasteiger partial charge < -0.3 is 16.6 Å². The molecule has 0 aliphatic carbocycles. The lowest BCUT2D eigenvalue weighted by Crippen LogP contribution is -1.97. The van der Waals surface area contributed by atoms with Crippen LogP contribution in [0.3, 0.4) is 0 Å². The van der Waals surface area contributed by atoms with Crippen molar-refractivity contribution in [3.8, 4) is 16.9 Å². The minimum absolute atomic E-state index is 0.176. The minimum atomic E-state index is 0.176. The molecule has 0 amide bonds. The fraction of sp³-hybridized carbons (Fsp3) is 0.0769. The van der Waals surface area contributed by atoms with Crippen molar-refractivity contribution in [2.45, 2.75) is 6.92 Å². The van der Waals surface area contributed by atoms with Gasteiger partial charge in [-0.3, -0.25) is 0 Å². The molecule has 0 aromatic heterocycles. The Morgan fingerprint density at radius 2 is 1.61 bits per heavy atom. The highest BCUT2D eigenvalue weighted by atomic mass is 127. The Morgan fingerprint density at radius 3 is 2.17 bits per heavy atom. The van der Waals surface area contributed by atoms with Gasteiger partial charge in [0.1, 0.15) is 5.75 Å². The Kier molecular flexibility index (Phi) is 3.90. The molecule has 0 saturated heterocycles. The summed E-state index contributed by atoms with van der Waals surface area (Å²) in [5.74, 6) is 0.176. The first kappa shape index (κ1) is 13.7. The van der Waals surface area contributed by atoms with Gasteiger partial charge in [0.25, 0.3) is 0 Å². The van der Waals surface area contributed by atoms with Crippen molar-refractivity contribution >= 4 is 56.6 Å². The maximum atomic E-state index is 9.51. The summed E-state index contributed by atoms with van der Waals surface area (Å²) in [6, 6.07) is 7.22. The normalized spacial score (nSPS) is 10.6. The molecular formula is C13H12I2N2O. The fourth-order valence-corrected chi connectivity index (χ4v) is 3.35. The molecule has 0 radical (unpaired) electrons. The van der Waals surface area contributed by atoms with Crippen LogP contribution in [-0.2, 0) is 0 Å². The lowest BCUT2D eigenvalue weighted by atomic mass is 10.0. The van der Waals surface area contributed by atoms with Crippen molar-refractivity contribution < 1.29 is 5.11 Å². The number of nitrogens with two attached hydrogens (primary N) is 2. The summed E-state index contributed by atoms with van der Waals surface area (Å²) in [6.45, 7) is 1.99. The van der Waals surface area contributed by atoms with Crippen molar-refractivity contribution in [3.05, 3.63) is 37.0 Å². The number of hydrogen-bond donors (Lipinski definition) is 3. The van der Waals surface area contributed by atoms with E-state index in [0.717, 1.165) is 29.5 Å². The molecule has 5 N–H and O–H groups in total. The SMILES string of the molecule is Cc1c(N)cc(-c2c(N)cc(O)cc2I)cc1I. The zero-order valence-corrected chi connectivity index (χ0v) is 14.0. The molecule has 0 saturated carbocycles. The topological polar surface area (TPSA) is 72.3 Å². The molecule has 3 nitrogen and oxygen atoms in total. The van der Waals surface area contributed by atoms with Crippen LogP contribution in [0.25, 0.3) is 11.1 Å². The van der Waals surface area contributed by atoms with Crippen LogP contribution in [0.5, 0.6) is 5.75 Å². The van der Waals surface area contributed by atoms with Gasteiger partial charge >= 0.3 is 0 Å². The number of rotatable bonds is 1. The predicted molar refractivity (Wildman–Crippen MR) is 92.5 cm³/mol. The number of halogens is 2. The van der Waals surface area contributed by atoms with Gasteiger partial charge in [0.2, 0.25) is 0 Å². The minimum Gasteiger partial charge on any atom is -0.508 e. The van der Waals surface area contributed by atoms with Gasteiger partial charge in [-0.1, -0.05) is 0 Å². The van der Waals surface area contributed by atoms with Crippen molar-refractivity contribution in [3.63, 3.8) is 0 Å². The quantitative estimate of drug-likeness (QED) is 0.443. The summed E-state index contributed by atoms with van der Waals surface area (Å²) in [5, 5.41) is 9.51. The molecule has 5 heteroatoms. The van der Waals surface area contributed by atoms with E-state index in [1.54, 1.807) is 12.1 Å². The molecule has 0 atom stereocenters. The zero-order valence-electron chi connectivity index (χ0n) is 9.67. The molecule has 0 heterocycles. The Hall–Kier alpha value is -0.700. The zero-order chi connectivity index (χ0) is 13.4. The number of anilines is 2. The van der Waals surface area contributed by atoms with Gasteiger partial charge in [0, 0.05) is 30.1 Å². The van der Waals surface area contributed by atoms with E-state index in [4.69, 9.17) is 11.5 Å². The van der Waals surface area contributed by atoms with E-state index in [1.165, 1.54) is 0 Å². The van der Waals surface area contributed by atoms with Crippen LogP contribution in [0.4, 0.5) is 11.4 Å². The molecule has 0 unspecified atom stereocenters. The Bertz CT molecular complexity index is 580. The highest BCUT2D eigenvalue weighted by Gasteiger charge is 2.12. The smallest absolute Gasteiger partial charge is 0.118 e. The van der Waals surface area contributed by atoms with E-state index >= 15 is 0 Å². The summed E-state index contributed by atoms with van der Waals surface area (Å²) in [4.78, 5) is 0. The monoisotopic (exact) mass is 466 g/mol. The van der Waals surface area contributed by atoms with Crippen LogP contribution < -0.4 is 11.5 Å². The number of phenols is 1. The first-order valence-corrected chi connectivity index (χ1v) is 7.40. The van der Waals surface area contributed by atoms with Crippen LogP contribution in [0, 0.1) is 14.1 Å². The average Bonchev–Trinajstić information content (AvgIpc) is 2.24. The maximum absolute atomic E-state index is 9.51. The highest BCUT2D eigenvalue weighted by Crippen LogP contribution is 2.36. The summed E-state index contributed by atoms with van der Waals surface area (Å²) < 4.78 is 2.01. The average molecular weight is 466 g/mol. The summed E-state index contributed by atoms with van der Waals surface area (Å²) in [6.07, 6.45) is 0. The van der Waals surface area contributed by atoms with Gasteiger partial charge in [0.05, 0.1) is 0 Å². The van der Waals surface area contributed by atoms with Crippen molar-refractivity contribution in [1.82, 2.24) is 0 Å². The summed E-state index contributed by atoms with van der Waals surface area (Å²) in [5.41, 5.74) is 16.2. The number of phenolic OH excluding ortho intramolecular Hbond substituents is 1.